The molecular weight excluding hydrogens is 663 g/mol. The molecule has 53 heavy (non-hydrogen) atoms. The molecule has 4 rings (SSSR count). The molecule has 0 aliphatic heterocycles. The van der Waals surface area contributed by atoms with E-state index in [0.29, 0.717) is 54.9 Å². The third-order valence-corrected chi connectivity index (χ3v) is 10.1. The molecule has 0 aliphatic rings. The number of β-amino-alcohol motifs (C(OH)–C–C–N with tert-alkyl or cyclic N) is 1. The highest BCUT2D eigenvalue weighted by Gasteiger charge is 2.23. The Kier molecular flexibility index (Phi) is 15.5. The highest BCUT2D eigenvalue weighted by atomic mass is 16.3. The second kappa shape index (κ2) is 19.7. The summed E-state index contributed by atoms with van der Waals surface area (Å²) in [7, 11) is 0. The number of aromatic hydroxyl groups is 2. The lowest BCUT2D eigenvalue weighted by Crippen LogP contribution is -2.43. The summed E-state index contributed by atoms with van der Waals surface area (Å²) in [5, 5.41) is 47.6. The second-order valence-electron chi connectivity index (χ2n) is 15.5. The minimum absolute atomic E-state index is 0.00664. The van der Waals surface area contributed by atoms with Gasteiger partial charge < -0.3 is 31.1 Å². The molecule has 4 aromatic carbocycles. The monoisotopic (exact) mass is 723 g/mol. The standard InChI is InChI=1S/C45H61N3O5/c1-31(2)48(32(3)4)23-21-39(36-15-8-7-9-16-36)40-25-33(17-19-42(40)51)14-11-22-46-44(53)26-34-12-10-13-35(24-34)28-45(5,6)47-29-43(52)37-18-20-41(50)38(27-37)30-49/h7-10,12-13,15-20,24-25,27,31-32,39,43,47,49-52H,11,14,21-23,26,28-30H2,1-6H3,(H,46,53)/t39-,43+/m1/s1. The van der Waals surface area contributed by atoms with Gasteiger partial charge in [0.25, 0.3) is 0 Å². The number of benzene rings is 4. The van der Waals surface area contributed by atoms with Gasteiger partial charge in [-0.3, -0.25) is 9.69 Å². The van der Waals surface area contributed by atoms with Crippen molar-refractivity contribution in [3.8, 4) is 11.5 Å². The number of nitrogens with zero attached hydrogens (tertiary/aromatic N) is 1. The largest absolute Gasteiger partial charge is 0.508 e. The molecule has 0 spiro atoms. The number of carbonyl (C=O) groups is 1. The van der Waals surface area contributed by atoms with Crippen molar-refractivity contribution in [2.75, 3.05) is 19.6 Å². The summed E-state index contributed by atoms with van der Waals surface area (Å²) in [6.07, 6.45) is 2.67. The summed E-state index contributed by atoms with van der Waals surface area (Å²) in [6, 6.07) is 30.1. The number of phenols is 2. The van der Waals surface area contributed by atoms with E-state index < -0.39 is 6.10 Å². The first-order valence-electron chi connectivity index (χ1n) is 19.1. The Morgan fingerprint density at radius 2 is 1.49 bits per heavy atom. The number of aliphatic hydroxyl groups excluding tert-OH is 2. The van der Waals surface area contributed by atoms with Crippen molar-refractivity contribution in [1.82, 2.24) is 15.5 Å². The molecule has 0 saturated carbocycles. The van der Waals surface area contributed by atoms with E-state index in [4.69, 9.17) is 0 Å². The highest BCUT2D eigenvalue weighted by Crippen LogP contribution is 2.35. The first kappa shape index (κ1) is 41.5. The molecule has 8 nitrogen and oxygen atoms in total. The van der Waals surface area contributed by atoms with E-state index in [9.17, 15) is 25.2 Å². The molecule has 4 aromatic rings. The van der Waals surface area contributed by atoms with Crippen molar-refractivity contribution >= 4 is 5.91 Å². The van der Waals surface area contributed by atoms with Gasteiger partial charge in [-0.15, -0.1) is 0 Å². The summed E-state index contributed by atoms with van der Waals surface area (Å²) >= 11 is 0. The van der Waals surface area contributed by atoms with Gasteiger partial charge in [0, 0.05) is 47.8 Å². The fourth-order valence-corrected chi connectivity index (χ4v) is 7.24. The van der Waals surface area contributed by atoms with E-state index in [0.717, 1.165) is 48.1 Å². The molecule has 0 heterocycles. The van der Waals surface area contributed by atoms with Crippen LogP contribution in [-0.2, 0) is 30.7 Å². The maximum absolute atomic E-state index is 12.9. The molecule has 8 heteroatoms. The van der Waals surface area contributed by atoms with Gasteiger partial charge in [0.2, 0.25) is 5.91 Å². The molecule has 0 aliphatic carbocycles. The molecule has 0 bridgehead atoms. The summed E-state index contributed by atoms with van der Waals surface area (Å²) < 4.78 is 0. The van der Waals surface area contributed by atoms with Crippen molar-refractivity contribution in [1.29, 1.82) is 0 Å². The van der Waals surface area contributed by atoms with Crippen LogP contribution in [-0.4, -0.2) is 68.5 Å². The van der Waals surface area contributed by atoms with E-state index in [1.807, 2.05) is 36.4 Å². The van der Waals surface area contributed by atoms with Gasteiger partial charge in [-0.05, 0) is 120 Å². The van der Waals surface area contributed by atoms with Crippen LogP contribution in [0.15, 0.2) is 91.0 Å². The molecule has 0 unspecified atom stereocenters. The van der Waals surface area contributed by atoms with Crippen LogP contribution in [0.2, 0.25) is 0 Å². The van der Waals surface area contributed by atoms with Crippen LogP contribution in [0, 0.1) is 0 Å². The molecule has 6 N–H and O–H groups in total. The minimum Gasteiger partial charge on any atom is -0.508 e. The fraction of sp³-hybridized carbons (Fsp3) is 0.444. The average molecular weight is 724 g/mol. The Morgan fingerprint density at radius 3 is 2.19 bits per heavy atom. The van der Waals surface area contributed by atoms with E-state index >= 15 is 0 Å². The number of rotatable bonds is 20. The third kappa shape index (κ3) is 12.7. The van der Waals surface area contributed by atoms with Crippen LogP contribution in [0.4, 0.5) is 0 Å². The van der Waals surface area contributed by atoms with Crippen molar-refractivity contribution in [3.63, 3.8) is 0 Å². The summed E-state index contributed by atoms with van der Waals surface area (Å²) in [6.45, 7) is 14.6. The predicted octanol–water partition coefficient (Wildman–Crippen LogP) is 7.17. The normalized spacial score (nSPS) is 13.1. The van der Waals surface area contributed by atoms with E-state index in [1.165, 1.54) is 11.6 Å². The maximum atomic E-state index is 12.9. The number of aliphatic hydroxyl groups is 2. The second-order valence-corrected chi connectivity index (χ2v) is 15.5. The number of nitrogens with one attached hydrogen (secondary N) is 2. The van der Waals surface area contributed by atoms with Crippen LogP contribution in [0.25, 0.3) is 0 Å². The Morgan fingerprint density at radius 1 is 0.792 bits per heavy atom. The lowest BCUT2D eigenvalue weighted by Gasteiger charge is -2.32. The molecule has 2 atom stereocenters. The lowest BCUT2D eigenvalue weighted by molar-refractivity contribution is -0.120. The van der Waals surface area contributed by atoms with Crippen molar-refractivity contribution in [2.45, 2.75) is 110 Å². The molecular formula is C45H61N3O5. The van der Waals surface area contributed by atoms with E-state index in [1.54, 1.807) is 12.1 Å². The van der Waals surface area contributed by atoms with Gasteiger partial charge in [-0.25, -0.2) is 0 Å². The minimum atomic E-state index is -0.798. The maximum Gasteiger partial charge on any atom is 0.224 e. The smallest absolute Gasteiger partial charge is 0.224 e. The molecule has 0 aromatic heterocycles. The van der Waals surface area contributed by atoms with Crippen LogP contribution in [0.3, 0.4) is 0 Å². The summed E-state index contributed by atoms with van der Waals surface area (Å²) in [5.41, 5.74) is 6.00. The fourth-order valence-electron chi connectivity index (χ4n) is 7.24. The Labute approximate surface area is 316 Å². The van der Waals surface area contributed by atoms with Crippen LogP contribution < -0.4 is 10.6 Å². The zero-order valence-corrected chi connectivity index (χ0v) is 32.5. The zero-order chi connectivity index (χ0) is 38.5. The molecule has 1 amide bonds. The van der Waals surface area contributed by atoms with E-state index in [-0.39, 0.29) is 29.7 Å². The molecule has 0 radical (unpaired) electrons. The zero-order valence-electron chi connectivity index (χ0n) is 32.5. The van der Waals surface area contributed by atoms with Gasteiger partial charge in [0.1, 0.15) is 11.5 Å². The number of phenolic OH excluding ortho intramolecular Hbond substituents is 1. The third-order valence-electron chi connectivity index (χ3n) is 10.1. The predicted molar refractivity (Wildman–Crippen MR) is 214 cm³/mol. The number of carbonyl (C=O) groups excluding carboxylic acids is 1. The van der Waals surface area contributed by atoms with Crippen LogP contribution in [0.5, 0.6) is 11.5 Å². The number of hydrogen-bond acceptors (Lipinski definition) is 7. The van der Waals surface area contributed by atoms with Gasteiger partial charge >= 0.3 is 0 Å². The quantitative estimate of drug-likeness (QED) is 0.0535. The van der Waals surface area contributed by atoms with Crippen molar-refractivity contribution < 1.29 is 25.2 Å². The van der Waals surface area contributed by atoms with Crippen LogP contribution in [0.1, 0.15) is 105 Å². The topological polar surface area (TPSA) is 125 Å². The van der Waals surface area contributed by atoms with Crippen LogP contribution >= 0.6 is 0 Å². The Hall–Kier alpha value is -4.21. The number of hydrogen-bond donors (Lipinski definition) is 6. The van der Waals surface area contributed by atoms with Gasteiger partial charge in [0.15, 0.2) is 0 Å². The lowest BCUT2D eigenvalue weighted by atomic mass is 9.86. The Bertz CT molecular complexity index is 1730. The summed E-state index contributed by atoms with van der Waals surface area (Å²) in [5.74, 6) is 0.384. The van der Waals surface area contributed by atoms with Gasteiger partial charge in [-0.2, -0.15) is 0 Å². The number of amides is 1. The van der Waals surface area contributed by atoms with Crippen molar-refractivity contribution in [3.05, 3.63) is 130 Å². The average Bonchev–Trinajstić information content (AvgIpc) is 3.12. The summed E-state index contributed by atoms with van der Waals surface area (Å²) in [4.78, 5) is 15.4. The first-order valence-corrected chi connectivity index (χ1v) is 19.1. The number of aryl methyl sites for hydroxylation is 1. The van der Waals surface area contributed by atoms with E-state index in [2.05, 4.69) is 93.5 Å². The molecule has 0 saturated heterocycles. The molecule has 0 fully saturated rings. The SMILES string of the molecule is CC(C)N(CC[C@H](c1ccccc1)c1cc(CCCNC(=O)Cc2cccc(CC(C)(C)NC[C@H](O)c3ccc(O)c(CO)c3)c2)ccc1O)C(C)C. The van der Waals surface area contributed by atoms with Crippen molar-refractivity contribution in [2.24, 2.45) is 0 Å². The van der Waals surface area contributed by atoms with Gasteiger partial charge in [0.05, 0.1) is 19.1 Å². The highest BCUT2D eigenvalue weighted by molar-refractivity contribution is 5.78. The van der Waals surface area contributed by atoms with Gasteiger partial charge in [-0.1, -0.05) is 72.8 Å². The Balaban J connectivity index is 1.28. The molecule has 286 valence electrons. The first-order chi connectivity index (χ1) is 25.3.